The number of ether oxygens (including phenoxy) is 3. The van der Waals surface area contributed by atoms with Gasteiger partial charge in [-0.2, -0.15) is 4.80 Å². The molecule has 1 saturated heterocycles. The van der Waals surface area contributed by atoms with Crippen molar-refractivity contribution in [1.82, 2.24) is 30.4 Å². The van der Waals surface area contributed by atoms with Crippen molar-refractivity contribution < 1.29 is 28.2 Å². The molecule has 42 heavy (non-hydrogen) atoms. The van der Waals surface area contributed by atoms with Gasteiger partial charge in [0.15, 0.2) is 17.5 Å². The number of rotatable bonds is 12. The molecular weight excluding hydrogens is 564 g/mol. The number of hydrogen-bond acceptors (Lipinski definition) is 9. The summed E-state index contributed by atoms with van der Waals surface area (Å²) in [6.45, 7) is 0.731. The Morgan fingerprint density at radius 2 is 1.98 bits per heavy atom. The number of furan rings is 1. The van der Waals surface area contributed by atoms with Crippen LogP contribution in [0, 0.1) is 0 Å². The third-order valence-corrected chi connectivity index (χ3v) is 7.26. The Morgan fingerprint density at radius 3 is 2.69 bits per heavy atom. The highest BCUT2D eigenvalue weighted by Crippen LogP contribution is 2.31. The SMILES string of the molecule is COc1ccc(-c2nnn(CC(=O)N(Cc3ccccc3Cl)[C@@H](C(=O)NC[C@@H]3CCCO3)c3ccco3)n2)cc1OC. The van der Waals surface area contributed by atoms with Crippen LogP contribution >= 0.6 is 11.6 Å². The summed E-state index contributed by atoms with van der Waals surface area (Å²) in [6, 6.07) is 14.6. The lowest BCUT2D eigenvalue weighted by Gasteiger charge is -2.30. The van der Waals surface area contributed by atoms with E-state index in [0.29, 0.717) is 52.4 Å². The molecule has 2 amide bonds. The first-order chi connectivity index (χ1) is 20.5. The van der Waals surface area contributed by atoms with Crippen LogP contribution in [0.3, 0.4) is 0 Å². The zero-order valence-corrected chi connectivity index (χ0v) is 24.0. The Bertz CT molecular complexity index is 1500. The first-order valence-corrected chi connectivity index (χ1v) is 13.8. The highest BCUT2D eigenvalue weighted by molar-refractivity contribution is 6.31. The minimum atomic E-state index is -1.08. The molecule has 220 valence electrons. The van der Waals surface area contributed by atoms with Gasteiger partial charge in [-0.15, -0.1) is 10.2 Å². The predicted octanol–water partition coefficient (Wildman–Crippen LogP) is 3.67. The zero-order chi connectivity index (χ0) is 29.5. The lowest BCUT2D eigenvalue weighted by atomic mass is 10.1. The summed E-state index contributed by atoms with van der Waals surface area (Å²) < 4.78 is 22.0. The van der Waals surface area contributed by atoms with Gasteiger partial charge in [-0.1, -0.05) is 29.8 Å². The van der Waals surface area contributed by atoms with Crippen LogP contribution in [0.2, 0.25) is 5.02 Å². The number of nitrogens with zero attached hydrogens (tertiary/aromatic N) is 5. The van der Waals surface area contributed by atoms with Crippen LogP contribution in [0.5, 0.6) is 11.5 Å². The number of tetrazole rings is 1. The quantitative estimate of drug-likeness (QED) is 0.261. The topological polar surface area (TPSA) is 134 Å². The van der Waals surface area contributed by atoms with Gasteiger partial charge < -0.3 is 28.8 Å². The second kappa shape index (κ2) is 13.5. The number of aromatic nitrogens is 4. The van der Waals surface area contributed by atoms with Crippen LogP contribution in [0.25, 0.3) is 11.4 Å². The molecule has 1 N–H and O–H groups in total. The fourth-order valence-electron chi connectivity index (χ4n) is 4.73. The number of hydrogen-bond donors (Lipinski definition) is 1. The van der Waals surface area contributed by atoms with Crippen molar-refractivity contribution in [1.29, 1.82) is 0 Å². The fourth-order valence-corrected chi connectivity index (χ4v) is 4.93. The maximum absolute atomic E-state index is 13.9. The summed E-state index contributed by atoms with van der Waals surface area (Å²) in [5.41, 5.74) is 1.29. The van der Waals surface area contributed by atoms with Crippen molar-refractivity contribution >= 4 is 23.4 Å². The van der Waals surface area contributed by atoms with E-state index in [0.717, 1.165) is 12.8 Å². The molecule has 0 unspecified atom stereocenters. The second-order valence-electron chi connectivity index (χ2n) is 9.62. The number of nitrogens with one attached hydrogen (secondary N) is 1. The number of methoxy groups -OCH3 is 2. The normalized spacial score (nSPS) is 15.3. The van der Waals surface area contributed by atoms with Gasteiger partial charge in [-0.25, -0.2) is 0 Å². The molecule has 4 aromatic rings. The second-order valence-corrected chi connectivity index (χ2v) is 10.0. The van der Waals surface area contributed by atoms with Crippen LogP contribution in [0.1, 0.15) is 30.2 Å². The fraction of sp³-hybridized carbons (Fsp3) is 0.345. The molecule has 0 saturated carbocycles. The number of benzene rings is 2. The number of carbonyl (C=O) groups is 2. The zero-order valence-electron chi connectivity index (χ0n) is 23.2. The largest absolute Gasteiger partial charge is 0.493 e. The molecule has 0 aliphatic carbocycles. The summed E-state index contributed by atoms with van der Waals surface area (Å²) in [6.07, 6.45) is 3.18. The van der Waals surface area contributed by atoms with Gasteiger partial charge in [-0.3, -0.25) is 9.59 Å². The van der Waals surface area contributed by atoms with Gasteiger partial charge in [0.25, 0.3) is 5.91 Å². The molecule has 3 heterocycles. The Balaban J connectivity index is 1.42. The van der Waals surface area contributed by atoms with Crippen molar-refractivity contribution in [2.24, 2.45) is 0 Å². The molecule has 13 heteroatoms. The smallest absolute Gasteiger partial charge is 0.250 e. The van der Waals surface area contributed by atoms with Gasteiger partial charge >= 0.3 is 0 Å². The van der Waals surface area contributed by atoms with Crippen molar-refractivity contribution in [3.8, 4) is 22.9 Å². The van der Waals surface area contributed by atoms with E-state index in [1.54, 1.807) is 55.6 Å². The lowest BCUT2D eigenvalue weighted by molar-refractivity contribution is -0.143. The van der Waals surface area contributed by atoms with Crippen molar-refractivity contribution in [2.45, 2.75) is 38.1 Å². The van der Waals surface area contributed by atoms with E-state index in [4.69, 9.17) is 30.2 Å². The molecule has 0 spiro atoms. The number of carbonyl (C=O) groups excluding carboxylic acids is 2. The van der Waals surface area contributed by atoms with E-state index in [2.05, 4.69) is 20.7 Å². The van der Waals surface area contributed by atoms with Gasteiger partial charge in [-0.05, 0) is 60.0 Å². The molecule has 1 fully saturated rings. The molecule has 12 nitrogen and oxygen atoms in total. The van der Waals surface area contributed by atoms with Crippen molar-refractivity contribution in [2.75, 3.05) is 27.4 Å². The third kappa shape index (κ3) is 6.72. The minimum Gasteiger partial charge on any atom is -0.493 e. The van der Waals surface area contributed by atoms with Crippen LogP contribution < -0.4 is 14.8 Å². The van der Waals surface area contributed by atoms with Crippen LogP contribution in [0.4, 0.5) is 0 Å². The van der Waals surface area contributed by atoms with Crippen molar-refractivity contribution in [3.05, 3.63) is 77.2 Å². The molecule has 0 bridgehead atoms. The van der Waals surface area contributed by atoms with Crippen LogP contribution in [-0.4, -0.2) is 70.4 Å². The van der Waals surface area contributed by atoms with Crippen LogP contribution in [-0.2, 0) is 27.4 Å². The van der Waals surface area contributed by atoms with Crippen LogP contribution in [0.15, 0.2) is 65.3 Å². The Labute approximate surface area is 247 Å². The molecular formula is C29H31ClN6O6. The standard InChI is InChI=1S/C29H31ClN6O6/c1-39-23-12-11-19(15-25(23)40-2)28-32-34-36(33-28)18-26(37)35(17-20-7-3-4-9-22(20)30)27(24-10-6-14-42-24)29(38)31-16-21-8-5-13-41-21/h3-4,6-7,9-12,14-15,21,27H,5,8,13,16-18H2,1-2H3,(H,31,38)/t21-,27+/m0/s1. The highest BCUT2D eigenvalue weighted by Gasteiger charge is 2.35. The van der Waals surface area contributed by atoms with E-state index in [9.17, 15) is 9.59 Å². The Morgan fingerprint density at radius 1 is 1.14 bits per heavy atom. The summed E-state index contributed by atoms with van der Waals surface area (Å²) in [7, 11) is 3.08. The molecule has 2 aromatic carbocycles. The maximum Gasteiger partial charge on any atom is 0.250 e. The lowest BCUT2D eigenvalue weighted by Crippen LogP contribution is -2.46. The van der Waals surface area contributed by atoms with E-state index in [1.165, 1.54) is 23.1 Å². The Hall–Kier alpha value is -4.42. The molecule has 2 aromatic heterocycles. The Kier molecular flexibility index (Phi) is 9.35. The molecule has 0 radical (unpaired) electrons. The highest BCUT2D eigenvalue weighted by atomic mass is 35.5. The predicted molar refractivity (Wildman–Crippen MR) is 152 cm³/mol. The molecule has 5 rings (SSSR count). The number of amides is 2. The maximum atomic E-state index is 13.9. The van der Waals surface area contributed by atoms with Gasteiger partial charge in [0.2, 0.25) is 11.7 Å². The van der Waals surface area contributed by atoms with E-state index >= 15 is 0 Å². The third-order valence-electron chi connectivity index (χ3n) is 6.89. The summed E-state index contributed by atoms with van der Waals surface area (Å²) in [4.78, 5) is 30.2. The van der Waals surface area contributed by atoms with Gasteiger partial charge in [0, 0.05) is 30.3 Å². The number of halogens is 1. The first-order valence-electron chi connectivity index (χ1n) is 13.4. The van der Waals surface area contributed by atoms with E-state index in [-0.39, 0.29) is 19.2 Å². The van der Waals surface area contributed by atoms with Gasteiger partial charge in [0.05, 0.1) is 26.6 Å². The minimum absolute atomic E-state index is 0.0362. The summed E-state index contributed by atoms with van der Waals surface area (Å²) in [5.74, 6) is 0.804. The van der Waals surface area contributed by atoms with E-state index in [1.807, 2.05) is 6.07 Å². The average molecular weight is 595 g/mol. The molecule has 1 aliphatic heterocycles. The van der Waals surface area contributed by atoms with Crippen molar-refractivity contribution in [3.63, 3.8) is 0 Å². The molecule has 2 atom stereocenters. The molecule has 1 aliphatic rings. The summed E-state index contributed by atoms with van der Waals surface area (Å²) in [5, 5.41) is 16.0. The first kappa shape index (κ1) is 29.1. The van der Waals surface area contributed by atoms with Gasteiger partial charge in [0.1, 0.15) is 12.3 Å². The van der Waals surface area contributed by atoms with E-state index < -0.39 is 17.9 Å². The average Bonchev–Trinajstić information content (AvgIpc) is 3.80. The monoisotopic (exact) mass is 594 g/mol. The summed E-state index contributed by atoms with van der Waals surface area (Å²) >= 11 is 6.47.